The van der Waals surface area contributed by atoms with Crippen LogP contribution < -0.4 is 24.2 Å². The van der Waals surface area contributed by atoms with Crippen molar-refractivity contribution in [3.63, 3.8) is 0 Å². The molecular formula is C33H29N3O4S4. The van der Waals surface area contributed by atoms with E-state index in [4.69, 9.17) is 0 Å². The summed E-state index contributed by atoms with van der Waals surface area (Å²) in [6, 6.07) is 27.0. The van der Waals surface area contributed by atoms with Crippen LogP contribution in [0.3, 0.4) is 0 Å². The Morgan fingerprint density at radius 1 is 0.932 bits per heavy atom. The fourth-order valence-electron chi connectivity index (χ4n) is 5.16. The van der Waals surface area contributed by atoms with E-state index in [1.165, 1.54) is 38.0 Å². The van der Waals surface area contributed by atoms with Crippen molar-refractivity contribution in [2.45, 2.75) is 30.2 Å². The second-order valence-electron chi connectivity index (χ2n) is 10.3. The van der Waals surface area contributed by atoms with Crippen molar-refractivity contribution in [2.24, 2.45) is 7.05 Å². The number of thiazole rings is 2. The molecule has 224 valence electrons. The topological polar surface area (TPSA) is 86.3 Å². The standard InChI is InChI=1S/C26H22N3OS3.C7H8O3S/c1-4-29-22(33-24(25(29)30)26-27(2)18-11-7-8-12-19(18)32-26)15-21-28(3)23-17-10-6-5-9-16(17)13-14-20(23)31-21;1-6-2-4-7(5-3-6)11(8,9)10/h5-15H,4H2,1-3H3;2-5H,1H3,(H,8,9,10)/q+1;/p-1/b26-24+;. The van der Waals surface area contributed by atoms with E-state index < -0.39 is 10.1 Å². The Labute approximate surface area is 267 Å². The van der Waals surface area contributed by atoms with Gasteiger partial charge in [-0.3, -0.25) is 9.36 Å². The van der Waals surface area contributed by atoms with E-state index >= 15 is 0 Å². The maximum absolute atomic E-state index is 13.4. The summed E-state index contributed by atoms with van der Waals surface area (Å²) in [6.45, 7) is 4.51. The lowest BCUT2D eigenvalue weighted by molar-refractivity contribution is -0.641. The van der Waals surface area contributed by atoms with Gasteiger partial charge in [-0.05, 0) is 55.6 Å². The molecule has 0 atom stereocenters. The van der Waals surface area contributed by atoms with Crippen molar-refractivity contribution in [1.29, 1.82) is 0 Å². The van der Waals surface area contributed by atoms with Gasteiger partial charge < -0.3 is 9.45 Å². The molecule has 44 heavy (non-hydrogen) atoms. The third kappa shape index (κ3) is 5.62. The fraction of sp³-hybridized carbons (Fsp3) is 0.152. The van der Waals surface area contributed by atoms with Crippen LogP contribution in [0.25, 0.3) is 32.1 Å². The van der Waals surface area contributed by atoms with E-state index in [0.29, 0.717) is 6.54 Å². The summed E-state index contributed by atoms with van der Waals surface area (Å²) in [5.74, 6) is 0. The van der Waals surface area contributed by atoms with E-state index in [2.05, 4.69) is 71.1 Å². The van der Waals surface area contributed by atoms with Gasteiger partial charge in [-0.15, -0.1) is 11.3 Å². The molecular weight excluding hydrogens is 631 g/mol. The largest absolute Gasteiger partial charge is 0.744 e. The zero-order valence-electron chi connectivity index (χ0n) is 24.5. The van der Waals surface area contributed by atoms with Crippen molar-refractivity contribution >= 4 is 82.3 Å². The van der Waals surface area contributed by atoms with Crippen molar-refractivity contribution in [2.75, 3.05) is 11.9 Å². The Balaban J connectivity index is 0.000000265. The van der Waals surface area contributed by atoms with Crippen LogP contribution in [0.5, 0.6) is 0 Å². The number of hydrogen-bond donors (Lipinski definition) is 0. The highest BCUT2D eigenvalue weighted by Gasteiger charge is 2.25. The molecule has 11 heteroatoms. The summed E-state index contributed by atoms with van der Waals surface area (Å²) in [5.41, 5.74) is 3.41. The highest BCUT2D eigenvalue weighted by Crippen LogP contribution is 2.44. The number of hydrogen-bond acceptors (Lipinski definition) is 8. The Kier molecular flexibility index (Phi) is 8.25. The molecule has 1 aliphatic heterocycles. The SMILES string of the molecule is CCn1c(=O)/c(=C2\Sc3ccccc3N2C)s/c1=C/c1sc2ccc3ccccc3c2[n+]1C.Cc1ccc(S(=O)(=O)[O-])cc1. The normalized spacial score (nSPS) is 14.7. The van der Waals surface area contributed by atoms with Gasteiger partial charge in [0.1, 0.15) is 36.1 Å². The van der Waals surface area contributed by atoms with Crippen LogP contribution in [0, 0.1) is 6.92 Å². The van der Waals surface area contributed by atoms with Gasteiger partial charge in [0.05, 0.1) is 22.0 Å². The van der Waals surface area contributed by atoms with Crippen LogP contribution in [0.1, 0.15) is 17.5 Å². The van der Waals surface area contributed by atoms with Gasteiger partial charge >= 0.3 is 0 Å². The minimum atomic E-state index is -4.27. The highest BCUT2D eigenvalue weighted by atomic mass is 32.2. The molecule has 0 N–H and O–H groups in total. The molecule has 7 nitrogen and oxygen atoms in total. The average molecular weight is 660 g/mol. The smallest absolute Gasteiger partial charge is 0.271 e. The molecule has 0 unspecified atom stereocenters. The molecule has 4 aromatic carbocycles. The van der Waals surface area contributed by atoms with Crippen LogP contribution in [-0.2, 0) is 23.7 Å². The van der Waals surface area contributed by atoms with E-state index in [1.807, 2.05) is 37.6 Å². The zero-order chi connectivity index (χ0) is 31.2. The summed E-state index contributed by atoms with van der Waals surface area (Å²) >= 11 is 5.04. The van der Waals surface area contributed by atoms with Gasteiger partial charge in [-0.1, -0.05) is 77.2 Å². The average Bonchev–Trinajstić information content (AvgIpc) is 3.63. The Bertz CT molecular complexity index is 2340. The molecule has 0 fully saturated rings. The zero-order valence-corrected chi connectivity index (χ0v) is 27.7. The molecule has 0 aliphatic carbocycles. The lowest BCUT2D eigenvalue weighted by atomic mass is 10.1. The van der Waals surface area contributed by atoms with Crippen molar-refractivity contribution < 1.29 is 17.5 Å². The van der Waals surface area contributed by atoms with Gasteiger partial charge in [0.2, 0.25) is 5.52 Å². The van der Waals surface area contributed by atoms with Gasteiger partial charge in [-0.25, -0.2) is 8.42 Å². The number of nitrogens with zero attached hydrogens (tertiary/aromatic N) is 3. The molecule has 2 aromatic heterocycles. The molecule has 0 spiro atoms. The van der Waals surface area contributed by atoms with Gasteiger partial charge in [0.15, 0.2) is 0 Å². The third-order valence-corrected chi connectivity index (χ3v) is 11.9. The summed E-state index contributed by atoms with van der Waals surface area (Å²) in [5, 5.41) is 4.65. The molecule has 0 saturated carbocycles. The fourth-order valence-corrected chi connectivity index (χ4v) is 9.26. The molecule has 6 aromatic rings. The maximum atomic E-state index is 13.4. The molecule has 1 aliphatic rings. The summed E-state index contributed by atoms with van der Waals surface area (Å²) in [6.07, 6.45) is 2.17. The monoisotopic (exact) mass is 659 g/mol. The van der Waals surface area contributed by atoms with Crippen LogP contribution in [0.4, 0.5) is 5.69 Å². The minimum Gasteiger partial charge on any atom is -0.744 e. The lowest BCUT2D eigenvalue weighted by Gasteiger charge is -2.11. The number of benzene rings is 4. The highest BCUT2D eigenvalue weighted by molar-refractivity contribution is 8.08. The van der Waals surface area contributed by atoms with Crippen LogP contribution in [-0.4, -0.2) is 24.6 Å². The first-order chi connectivity index (χ1) is 21.1. The number of aromatic nitrogens is 2. The number of para-hydroxylation sites is 1. The van der Waals surface area contributed by atoms with Crippen LogP contribution in [0.15, 0.2) is 99.5 Å². The molecule has 7 rings (SSSR count). The van der Waals surface area contributed by atoms with Gasteiger partial charge in [0, 0.05) is 18.5 Å². The number of anilines is 1. The summed E-state index contributed by atoms with van der Waals surface area (Å²) < 4.78 is 38.4. The molecule has 0 saturated heterocycles. The van der Waals surface area contributed by atoms with Crippen LogP contribution in [0.2, 0.25) is 0 Å². The second kappa shape index (κ2) is 12.0. The Morgan fingerprint density at radius 3 is 2.34 bits per heavy atom. The predicted octanol–water partition coefficient (Wildman–Crippen LogP) is 5.16. The van der Waals surface area contributed by atoms with Crippen LogP contribution >= 0.6 is 34.4 Å². The molecule has 3 heterocycles. The quantitative estimate of drug-likeness (QED) is 0.193. The maximum Gasteiger partial charge on any atom is 0.271 e. The van der Waals surface area contributed by atoms with Gasteiger partial charge in [0.25, 0.3) is 10.6 Å². The summed E-state index contributed by atoms with van der Waals surface area (Å²) in [7, 11) is -0.107. The first-order valence-corrected chi connectivity index (χ1v) is 17.7. The number of rotatable bonds is 3. The number of thioether (sulfide) groups is 1. The number of aryl methyl sites for hydroxylation is 2. The Morgan fingerprint density at radius 2 is 1.64 bits per heavy atom. The van der Waals surface area contributed by atoms with E-state index in [9.17, 15) is 17.8 Å². The third-order valence-electron chi connectivity index (χ3n) is 7.46. The van der Waals surface area contributed by atoms with Crippen molar-refractivity contribution in [1.82, 2.24) is 4.57 Å². The van der Waals surface area contributed by atoms with E-state index in [1.54, 1.807) is 46.6 Å². The minimum absolute atomic E-state index is 0.0881. The second-order valence-corrected chi connectivity index (χ2v) is 14.8. The molecule has 0 radical (unpaired) electrons. The molecule has 0 amide bonds. The van der Waals surface area contributed by atoms with E-state index in [-0.39, 0.29) is 10.5 Å². The number of fused-ring (bicyclic) bond motifs is 4. The first kappa shape index (κ1) is 30.3. The first-order valence-electron chi connectivity index (χ1n) is 13.9. The predicted molar refractivity (Wildman–Crippen MR) is 181 cm³/mol. The van der Waals surface area contributed by atoms with Crippen molar-refractivity contribution in [3.8, 4) is 0 Å². The Hall–Kier alpha value is -3.74. The van der Waals surface area contributed by atoms with Crippen molar-refractivity contribution in [3.05, 3.63) is 115 Å². The molecule has 0 bridgehead atoms. The van der Waals surface area contributed by atoms with E-state index in [0.717, 1.165) is 30.5 Å². The van der Waals surface area contributed by atoms with Gasteiger partial charge in [-0.2, -0.15) is 4.57 Å². The lowest BCUT2D eigenvalue weighted by Crippen LogP contribution is -2.34. The summed E-state index contributed by atoms with van der Waals surface area (Å²) in [4.78, 5) is 16.6.